The van der Waals surface area contributed by atoms with Gasteiger partial charge in [-0.1, -0.05) is 0 Å². The number of alkyl halides is 3. The molecule has 0 aliphatic heterocycles. The predicted octanol–water partition coefficient (Wildman–Crippen LogP) is 1.78. The van der Waals surface area contributed by atoms with Crippen molar-refractivity contribution in [3.8, 4) is 5.88 Å². The van der Waals surface area contributed by atoms with Gasteiger partial charge in [-0.3, -0.25) is 4.79 Å². The number of carbonyl (C=O) groups excluding carboxylic acids is 1. The second-order valence-corrected chi connectivity index (χ2v) is 6.80. The Bertz CT molecular complexity index is 885. The summed E-state index contributed by atoms with van der Waals surface area (Å²) in [6, 6.07) is 1.78. The molecule has 23 heavy (non-hydrogen) atoms. The van der Waals surface area contributed by atoms with Crippen molar-refractivity contribution >= 4 is 15.6 Å². The van der Waals surface area contributed by atoms with Crippen molar-refractivity contribution in [2.24, 2.45) is 7.05 Å². The molecule has 2 aromatic rings. The van der Waals surface area contributed by atoms with Gasteiger partial charge in [0.2, 0.25) is 11.7 Å². The second-order valence-electron chi connectivity index (χ2n) is 4.82. The molecule has 0 aliphatic carbocycles. The Morgan fingerprint density at radius 2 is 1.87 bits per heavy atom. The molecule has 0 fully saturated rings. The molecule has 124 valence electrons. The maximum absolute atomic E-state index is 12.7. The molecule has 0 aliphatic rings. The summed E-state index contributed by atoms with van der Waals surface area (Å²) in [7, 11) is -2.76. The smallest absolute Gasteiger partial charge is 0.416 e. The largest absolute Gasteiger partial charge is 0.493 e. The summed E-state index contributed by atoms with van der Waals surface area (Å²) < 4.78 is 62.7. The summed E-state index contributed by atoms with van der Waals surface area (Å²) in [5.74, 6) is -1.46. The molecule has 1 heterocycles. The van der Waals surface area contributed by atoms with Crippen LogP contribution in [-0.2, 0) is 23.1 Å². The molecule has 2 rings (SSSR count). The van der Waals surface area contributed by atoms with Crippen molar-refractivity contribution < 1.29 is 31.5 Å². The van der Waals surface area contributed by atoms with Crippen molar-refractivity contribution in [1.82, 2.24) is 9.78 Å². The highest BCUT2D eigenvalue weighted by Crippen LogP contribution is 2.33. The van der Waals surface area contributed by atoms with Gasteiger partial charge in [0.1, 0.15) is 5.56 Å². The Kier molecular flexibility index (Phi) is 3.97. The fraction of sp³-hybridized carbons (Fsp3) is 0.231. The molecule has 0 unspecified atom stereocenters. The quantitative estimate of drug-likeness (QED) is 0.854. The molecule has 0 saturated heterocycles. The molecule has 0 atom stereocenters. The van der Waals surface area contributed by atoms with Crippen LogP contribution in [-0.4, -0.2) is 35.3 Å². The van der Waals surface area contributed by atoms with Gasteiger partial charge in [0.15, 0.2) is 9.84 Å². The number of halogens is 3. The van der Waals surface area contributed by atoms with E-state index < -0.39 is 43.7 Å². The zero-order valence-corrected chi connectivity index (χ0v) is 12.7. The highest BCUT2D eigenvalue weighted by molar-refractivity contribution is 7.90. The van der Waals surface area contributed by atoms with Crippen LogP contribution in [0.4, 0.5) is 13.2 Å². The molecule has 0 saturated carbocycles. The first-order valence-corrected chi connectivity index (χ1v) is 7.99. The molecular formula is C13H11F3N2O4S. The van der Waals surface area contributed by atoms with E-state index in [1.807, 2.05) is 0 Å². The summed E-state index contributed by atoms with van der Waals surface area (Å²) in [5.41, 5.74) is -1.97. The van der Waals surface area contributed by atoms with E-state index in [-0.39, 0.29) is 5.56 Å². The number of benzene rings is 1. The molecular weight excluding hydrogens is 337 g/mol. The Labute approximate surface area is 129 Å². The van der Waals surface area contributed by atoms with Gasteiger partial charge in [0, 0.05) is 18.9 Å². The minimum atomic E-state index is -4.75. The normalized spacial score (nSPS) is 12.4. The van der Waals surface area contributed by atoms with E-state index in [9.17, 15) is 31.5 Å². The number of aryl methyl sites for hydroxylation is 1. The lowest BCUT2D eigenvalue weighted by molar-refractivity contribution is -0.137. The Morgan fingerprint density at radius 3 is 2.30 bits per heavy atom. The van der Waals surface area contributed by atoms with Crippen LogP contribution in [0.2, 0.25) is 0 Å². The monoisotopic (exact) mass is 348 g/mol. The number of nitrogens with zero attached hydrogens (tertiary/aromatic N) is 2. The van der Waals surface area contributed by atoms with Gasteiger partial charge in [0.25, 0.3) is 0 Å². The Morgan fingerprint density at radius 1 is 1.26 bits per heavy atom. The van der Waals surface area contributed by atoms with Crippen LogP contribution in [0.15, 0.2) is 29.3 Å². The van der Waals surface area contributed by atoms with Crippen LogP contribution in [0.5, 0.6) is 5.88 Å². The summed E-state index contributed by atoms with van der Waals surface area (Å²) in [6.45, 7) is 0. The summed E-state index contributed by atoms with van der Waals surface area (Å²) >= 11 is 0. The molecule has 0 spiro atoms. The van der Waals surface area contributed by atoms with Crippen molar-refractivity contribution in [2.75, 3.05) is 6.26 Å². The number of hydrogen-bond donors (Lipinski definition) is 1. The van der Waals surface area contributed by atoms with Gasteiger partial charge in [-0.25, -0.2) is 13.1 Å². The van der Waals surface area contributed by atoms with Gasteiger partial charge < -0.3 is 5.11 Å². The lowest BCUT2D eigenvalue weighted by atomic mass is 10.0. The van der Waals surface area contributed by atoms with Gasteiger partial charge in [-0.05, 0) is 18.2 Å². The van der Waals surface area contributed by atoms with E-state index in [0.29, 0.717) is 18.4 Å². The molecule has 6 nitrogen and oxygen atoms in total. The molecule has 1 aromatic heterocycles. The third-order valence-electron chi connectivity index (χ3n) is 3.11. The fourth-order valence-electron chi connectivity index (χ4n) is 1.93. The standard InChI is InChI=1S/C13H11F3N2O4S/c1-18-12(20)9(6-17-18)11(19)8-4-3-7(13(14,15)16)5-10(8)23(2,21)22/h3-6,20H,1-2H3. The van der Waals surface area contributed by atoms with Crippen LogP contribution in [0, 0.1) is 0 Å². The number of carbonyl (C=O) groups is 1. The average molecular weight is 348 g/mol. The van der Waals surface area contributed by atoms with Crippen LogP contribution in [0.25, 0.3) is 0 Å². The van der Waals surface area contributed by atoms with Crippen LogP contribution >= 0.6 is 0 Å². The molecule has 0 amide bonds. The van der Waals surface area contributed by atoms with Crippen molar-refractivity contribution in [2.45, 2.75) is 11.1 Å². The van der Waals surface area contributed by atoms with E-state index in [2.05, 4.69) is 5.10 Å². The number of sulfone groups is 1. The van der Waals surface area contributed by atoms with Gasteiger partial charge >= 0.3 is 6.18 Å². The zero-order valence-electron chi connectivity index (χ0n) is 11.9. The van der Waals surface area contributed by atoms with Crippen molar-refractivity contribution in [3.05, 3.63) is 41.1 Å². The van der Waals surface area contributed by atoms with Crippen molar-refractivity contribution in [1.29, 1.82) is 0 Å². The number of aromatic hydroxyl groups is 1. The minimum Gasteiger partial charge on any atom is -0.493 e. The summed E-state index contributed by atoms with van der Waals surface area (Å²) in [5, 5.41) is 13.3. The predicted molar refractivity (Wildman–Crippen MR) is 72.9 cm³/mol. The minimum absolute atomic E-state index is 0.308. The second kappa shape index (κ2) is 5.37. The summed E-state index contributed by atoms with van der Waals surface area (Å²) in [4.78, 5) is 11.6. The number of ketones is 1. The highest BCUT2D eigenvalue weighted by atomic mass is 32.2. The average Bonchev–Trinajstić information content (AvgIpc) is 2.75. The lowest BCUT2D eigenvalue weighted by Crippen LogP contribution is -2.13. The van der Waals surface area contributed by atoms with Crippen LogP contribution < -0.4 is 0 Å². The SMILES string of the molecule is Cn1ncc(C(=O)c2ccc(C(F)(F)F)cc2S(C)(=O)=O)c1O. The molecule has 0 radical (unpaired) electrons. The van der Waals surface area contributed by atoms with E-state index in [4.69, 9.17) is 0 Å². The lowest BCUT2D eigenvalue weighted by Gasteiger charge is -2.11. The van der Waals surface area contributed by atoms with E-state index in [0.717, 1.165) is 16.9 Å². The first-order valence-electron chi connectivity index (χ1n) is 6.10. The van der Waals surface area contributed by atoms with Gasteiger partial charge in [0.05, 0.1) is 16.7 Å². The van der Waals surface area contributed by atoms with E-state index in [1.165, 1.54) is 7.05 Å². The number of aromatic nitrogens is 2. The third kappa shape index (κ3) is 3.21. The highest BCUT2D eigenvalue weighted by Gasteiger charge is 2.33. The summed E-state index contributed by atoms with van der Waals surface area (Å²) in [6.07, 6.45) is -3.05. The van der Waals surface area contributed by atoms with E-state index in [1.54, 1.807) is 0 Å². The van der Waals surface area contributed by atoms with Crippen molar-refractivity contribution in [3.63, 3.8) is 0 Å². The molecule has 1 aromatic carbocycles. The van der Waals surface area contributed by atoms with Gasteiger partial charge in [-0.2, -0.15) is 18.3 Å². The third-order valence-corrected chi connectivity index (χ3v) is 4.24. The number of rotatable bonds is 3. The Hall–Kier alpha value is -2.36. The molecule has 10 heteroatoms. The number of hydrogen-bond acceptors (Lipinski definition) is 5. The fourth-order valence-corrected chi connectivity index (χ4v) is 2.83. The van der Waals surface area contributed by atoms with Gasteiger partial charge in [-0.15, -0.1) is 0 Å². The maximum atomic E-state index is 12.7. The molecule has 1 N–H and O–H groups in total. The first kappa shape index (κ1) is 17.0. The molecule has 0 bridgehead atoms. The Balaban J connectivity index is 2.68. The van der Waals surface area contributed by atoms with Crippen LogP contribution in [0.1, 0.15) is 21.5 Å². The topological polar surface area (TPSA) is 89.3 Å². The zero-order chi connectivity index (χ0) is 17.6. The van der Waals surface area contributed by atoms with Crippen LogP contribution in [0.3, 0.4) is 0 Å². The maximum Gasteiger partial charge on any atom is 0.416 e. The first-order chi connectivity index (χ1) is 10.4. The van der Waals surface area contributed by atoms with E-state index >= 15 is 0 Å².